The van der Waals surface area contributed by atoms with Crippen LogP contribution in [-0.2, 0) is 0 Å². The summed E-state index contributed by atoms with van der Waals surface area (Å²) in [6.07, 6.45) is 8.79. The van der Waals surface area contributed by atoms with Gasteiger partial charge in [0.2, 0.25) is 11.9 Å². The number of para-hydroxylation sites is 1. The van der Waals surface area contributed by atoms with Crippen LogP contribution in [0.15, 0.2) is 182 Å². The molecule has 9 aromatic rings. The summed E-state index contributed by atoms with van der Waals surface area (Å²) in [5.41, 5.74) is 7.98. The Balaban J connectivity index is 1.15. The van der Waals surface area contributed by atoms with Crippen LogP contribution < -0.4 is 4.90 Å². The quantitative estimate of drug-likeness (QED) is 0.169. The molecule has 56 heavy (non-hydrogen) atoms. The van der Waals surface area contributed by atoms with Gasteiger partial charge in [0.05, 0.1) is 17.1 Å². The van der Waals surface area contributed by atoms with Crippen molar-refractivity contribution in [1.82, 2.24) is 34.5 Å². The molecule has 0 fully saturated rings. The van der Waals surface area contributed by atoms with Crippen molar-refractivity contribution in [2.75, 3.05) is 4.90 Å². The van der Waals surface area contributed by atoms with E-state index >= 15 is 0 Å². The van der Waals surface area contributed by atoms with Gasteiger partial charge in [-0.2, -0.15) is 19.9 Å². The second-order valence-electron chi connectivity index (χ2n) is 14.0. The summed E-state index contributed by atoms with van der Waals surface area (Å²) in [6.45, 7) is 0. The fourth-order valence-corrected chi connectivity index (χ4v) is 8.04. The van der Waals surface area contributed by atoms with Gasteiger partial charge >= 0.3 is 0 Å². The summed E-state index contributed by atoms with van der Waals surface area (Å²) in [6, 6.07) is 53.5. The molecule has 0 amide bonds. The Bertz CT molecular complexity index is 2860. The Morgan fingerprint density at radius 1 is 0.393 bits per heavy atom. The topological polar surface area (TPSA) is 85.5 Å². The predicted octanol–water partition coefficient (Wildman–Crippen LogP) is 10.6. The van der Waals surface area contributed by atoms with Crippen LogP contribution in [-0.4, -0.2) is 40.5 Å². The van der Waals surface area contributed by atoms with E-state index in [1.807, 2.05) is 121 Å². The predicted molar refractivity (Wildman–Crippen MR) is 223 cm³/mol. The van der Waals surface area contributed by atoms with E-state index < -0.39 is 0 Å². The van der Waals surface area contributed by atoms with Crippen molar-refractivity contribution < 1.29 is 0 Å². The van der Waals surface area contributed by atoms with Crippen molar-refractivity contribution in [2.45, 2.75) is 12.0 Å². The van der Waals surface area contributed by atoms with Gasteiger partial charge in [0.25, 0.3) is 0 Å². The molecule has 8 heteroatoms. The Labute approximate surface area is 322 Å². The third-order valence-electron chi connectivity index (χ3n) is 10.6. The monoisotopic (exact) mass is 720 g/mol. The molecule has 1 aliphatic heterocycles. The number of benzene rings is 6. The molecular weight excluding hydrogens is 689 g/mol. The molecule has 0 spiro atoms. The first-order chi connectivity index (χ1) is 27.8. The highest BCUT2D eigenvalue weighted by atomic mass is 15.3. The van der Waals surface area contributed by atoms with Crippen molar-refractivity contribution in [3.63, 3.8) is 0 Å². The fourth-order valence-electron chi connectivity index (χ4n) is 8.04. The molecule has 0 N–H and O–H groups in total. The zero-order chi connectivity index (χ0) is 37.0. The number of aromatic nitrogens is 7. The number of nitrogens with zero attached hydrogens (tertiary/aromatic N) is 8. The molecule has 0 bridgehead atoms. The zero-order valence-electron chi connectivity index (χ0n) is 30.1. The van der Waals surface area contributed by atoms with Crippen LogP contribution in [0.4, 0.5) is 11.6 Å². The van der Waals surface area contributed by atoms with E-state index in [4.69, 9.17) is 29.9 Å². The molecule has 8 nitrogen and oxygen atoms in total. The minimum absolute atomic E-state index is 0.0394. The van der Waals surface area contributed by atoms with Crippen molar-refractivity contribution in [2.24, 2.45) is 0 Å². The first-order valence-corrected chi connectivity index (χ1v) is 18.7. The molecule has 2 unspecified atom stereocenters. The van der Waals surface area contributed by atoms with Gasteiger partial charge < -0.3 is 4.90 Å². The standard InChI is InChI=1S/C48H32N8/c1-5-17-31(18-6-1)43-49-44(32-19-7-2-8-20-32)52-47(51-43)55-39-27-15-13-25-35(39)37-30-42-38(29-41(37)55)36-26-14-16-28-40(36)56(42)48-53-45(33-21-9-3-10-22-33)50-46(54-48)34-23-11-4-12-24-34/h1-30,35,39H. The Hall–Kier alpha value is -7.58. The maximum absolute atomic E-state index is 5.19. The summed E-state index contributed by atoms with van der Waals surface area (Å²) < 4.78 is 2.19. The number of fused-ring (bicyclic) bond motifs is 6. The Kier molecular flexibility index (Phi) is 7.45. The lowest BCUT2D eigenvalue weighted by molar-refractivity contribution is 0.728. The normalized spacial score (nSPS) is 15.7. The molecule has 2 aliphatic rings. The zero-order valence-corrected chi connectivity index (χ0v) is 30.1. The van der Waals surface area contributed by atoms with Gasteiger partial charge in [0.15, 0.2) is 23.3 Å². The van der Waals surface area contributed by atoms with E-state index in [1.165, 1.54) is 5.56 Å². The van der Waals surface area contributed by atoms with E-state index in [9.17, 15) is 0 Å². The van der Waals surface area contributed by atoms with Gasteiger partial charge in [-0.25, -0.2) is 9.97 Å². The maximum Gasteiger partial charge on any atom is 0.238 e. The Morgan fingerprint density at radius 2 is 0.857 bits per heavy atom. The van der Waals surface area contributed by atoms with Crippen LogP contribution in [0.2, 0.25) is 0 Å². The highest BCUT2D eigenvalue weighted by Gasteiger charge is 2.40. The molecule has 3 aromatic heterocycles. The first-order valence-electron chi connectivity index (χ1n) is 18.7. The average Bonchev–Trinajstić information content (AvgIpc) is 3.78. The molecule has 11 rings (SSSR count). The molecule has 2 atom stereocenters. The fraction of sp³-hybridized carbons (Fsp3) is 0.0417. The molecule has 0 saturated carbocycles. The third-order valence-corrected chi connectivity index (χ3v) is 10.6. The largest absolute Gasteiger partial charge is 0.302 e. The molecule has 6 aromatic carbocycles. The van der Waals surface area contributed by atoms with Gasteiger partial charge in [-0.3, -0.25) is 4.57 Å². The number of allylic oxidation sites excluding steroid dienone is 2. The smallest absolute Gasteiger partial charge is 0.238 e. The molecule has 0 radical (unpaired) electrons. The average molecular weight is 721 g/mol. The van der Waals surface area contributed by atoms with Crippen molar-refractivity contribution in [1.29, 1.82) is 0 Å². The van der Waals surface area contributed by atoms with E-state index in [0.717, 1.165) is 49.7 Å². The summed E-state index contributed by atoms with van der Waals surface area (Å²) in [7, 11) is 0. The van der Waals surface area contributed by atoms with Crippen LogP contribution in [0.5, 0.6) is 0 Å². The first kappa shape index (κ1) is 31.9. The minimum Gasteiger partial charge on any atom is -0.302 e. The Morgan fingerprint density at radius 3 is 1.39 bits per heavy atom. The van der Waals surface area contributed by atoms with E-state index in [-0.39, 0.29) is 12.0 Å². The summed E-state index contributed by atoms with van der Waals surface area (Å²) in [4.78, 5) is 33.0. The van der Waals surface area contributed by atoms with Gasteiger partial charge in [-0.15, -0.1) is 0 Å². The maximum atomic E-state index is 5.19. The van der Waals surface area contributed by atoms with Crippen molar-refractivity contribution in [3.8, 4) is 51.5 Å². The molecular formula is C48H32N8. The summed E-state index contributed by atoms with van der Waals surface area (Å²) >= 11 is 0. The SMILES string of the molecule is C1=CC2c3cc4c(cc3N(c3nc(-c5ccccc5)nc(-c5ccccc5)n3)C2C=C1)c1ccccc1n4-c1nc(-c2ccccc2)nc(-c2ccccc2)n1. The van der Waals surface area contributed by atoms with Crippen LogP contribution in [0, 0.1) is 0 Å². The van der Waals surface area contributed by atoms with E-state index in [1.54, 1.807) is 0 Å². The summed E-state index contributed by atoms with van der Waals surface area (Å²) in [5, 5.41) is 2.18. The summed E-state index contributed by atoms with van der Waals surface area (Å²) in [5.74, 6) is 3.72. The second-order valence-corrected chi connectivity index (χ2v) is 14.0. The molecule has 1 aliphatic carbocycles. The van der Waals surface area contributed by atoms with Crippen LogP contribution in [0.25, 0.3) is 73.3 Å². The minimum atomic E-state index is -0.0394. The highest BCUT2D eigenvalue weighted by Crippen LogP contribution is 2.50. The number of hydrogen-bond acceptors (Lipinski definition) is 7. The molecule has 0 saturated heterocycles. The lowest BCUT2D eigenvalue weighted by atomic mass is 9.91. The van der Waals surface area contributed by atoms with E-state index in [0.29, 0.717) is 35.2 Å². The van der Waals surface area contributed by atoms with Crippen LogP contribution in [0.1, 0.15) is 11.5 Å². The number of anilines is 2. The van der Waals surface area contributed by atoms with Gasteiger partial charge in [0, 0.05) is 44.6 Å². The van der Waals surface area contributed by atoms with Crippen molar-refractivity contribution >= 4 is 33.4 Å². The van der Waals surface area contributed by atoms with Crippen LogP contribution in [0.3, 0.4) is 0 Å². The van der Waals surface area contributed by atoms with Gasteiger partial charge in [-0.1, -0.05) is 164 Å². The highest BCUT2D eigenvalue weighted by molar-refractivity contribution is 6.11. The van der Waals surface area contributed by atoms with Crippen molar-refractivity contribution in [3.05, 3.63) is 188 Å². The second kappa shape index (κ2) is 13.1. The third kappa shape index (κ3) is 5.30. The lowest BCUT2D eigenvalue weighted by Gasteiger charge is -2.27. The lowest BCUT2D eigenvalue weighted by Crippen LogP contribution is -2.30. The number of rotatable bonds is 6. The van der Waals surface area contributed by atoms with E-state index in [2.05, 4.69) is 70.2 Å². The van der Waals surface area contributed by atoms with Crippen LogP contribution >= 0.6 is 0 Å². The molecule has 264 valence electrons. The molecule has 4 heterocycles. The number of hydrogen-bond donors (Lipinski definition) is 0. The van der Waals surface area contributed by atoms with Gasteiger partial charge in [0.1, 0.15) is 0 Å². The van der Waals surface area contributed by atoms with Gasteiger partial charge in [-0.05, 0) is 23.8 Å².